The minimum Gasteiger partial charge on any atom is -0.481 e. The lowest BCUT2D eigenvalue weighted by molar-refractivity contribution is -0.332. The van der Waals surface area contributed by atoms with Crippen LogP contribution in [0.3, 0.4) is 0 Å². The number of hydrogen-bond acceptors (Lipinski definition) is 7. The highest BCUT2D eigenvalue weighted by Crippen LogP contribution is 2.82. The molecule has 1 aliphatic heterocycles. The molecule has 1 spiro atoms. The van der Waals surface area contributed by atoms with Gasteiger partial charge in [0.2, 0.25) is 0 Å². The number of carboxylic acids is 2. The van der Waals surface area contributed by atoms with Crippen molar-refractivity contribution in [3.63, 3.8) is 0 Å². The standard InChI is InChI=1S/C40H58O9/c1-34(2)23-10-13-37(5)30-21(18-24-36(37,4)15-17-39(33(46)47)16-14-35(3)11-7-12-40(24,39)20-35)8-9-22(38(23,30)6)19-25(34)48-32-28(43)26(41)27(42)29(49-32)31(44)45/h7,12,18,21-23,25-30,32,41-43H,8-11,13-17,19-20H2,1-6H3,(H,44,45)(H,46,47). The van der Waals surface area contributed by atoms with Crippen molar-refractivity contribution in [1.29, 1.82) is 0 Å². The van der Waals surface area contributed by atoms with Gasteiger partial charge in [-0.15, -0.1) is 0 Å². The van der Waals surface area contributed by atoms with Gasteiger partial charge in [-0.3, -0.25) is 4.79 Å². The normalized spacial score (nSPS) is 56.8. The van der Waals surface area contributed by atoms with Gasteiger partial charge < -0.3 is 35.0 Å². The van der Waals surface area contributed by atoms with E-state index in [1.165, 1.54) is 5.57 Å². The molecule has 6 fully saturated rings. The Morgan fingerprint density at radius 3 is 2.29 bits per heavy atom. The van der Waals surface area contributed by atoms with E-state index in [1.54, 1.807) is 0 Å². The van der Waals surface area contributed by atoms with Crippen LogP contribution < -0.4 is 0 Å². The summed E-state index contributed by atoms with van der Waals surface area (Å²) < 4.78 is 12.2. The number of allylic oxidation sites excluding steroid dienone is 4. The van der Waals surface area contributed by atoms with Gasteiger partial charge in [0.15, 0.2) is 12.4 Å². The van der Waals surface area contributed by atoms with Gasteiger partial charge in [0.05, 0.1) is 11.5 Å². The fourth-order valence-electron chi connectivity index (χ4n) is 14.9. The maximum Gasteiger partial charge on any atom is 0.335 e. The molecule has 7 aliphatic carbocycles. The molecule has 16 atom stereocenters. The average Bonchev–Trinajstić information content (AvgIpc) is 3.01. The van der Waals surface area contributed by atoms with Crippen molar-refractivity contribution >= 4 is 11.9 Å². The van der Waals surface area contributed by atoms with Crippen molar-refractivity contribution < 1.29 is 44.6 Å². The zero-order valence-electron chi connectivity index (χ0n) is 30.2. The van der Waals surface area contributed by atoms with Crippen molar-refractivity contribution in [2.75, 3.05) is 0 Å². The Morgan fingerprint density at radius 2 is 1.59 bits per heavy atom. The fraction of sp³-hybridized carbons (Fsp3) is 0.850. The molecule has 272 valence electrons. The Balaban J connectivity index is 1.18. The molecule has 0 radical (unpaired) electrons. The lowest BCUT2D eigenvalue weighted by atomic mass is 9.27. The van der Waals surface area contributed by atoms with Crippen molar-refractivity contribution in [3.8, 4) is 0 Å². The zero-order chi connectivity index (χ0) is 35.3. The molecule has 1 saturated heterocycles. The molecule has 49 heavy (non-hydrogen) atoms. The summed E-state index contributed by atoms with van der Waals surface area (Å²) >= 11 is 0. The van der Waals surface area contributed by atoms with Crippen molar-refractivity contribution in [3.05, 3.63) is 23.8 Å². The molecule has 16 unspecified atom stereocenters. The maximum atomic E-state index is 13.4. The molecular formula is C40H58O9. The molecule has 0 aromatic rings. The number of ether oxygens (including phenoxy) is 2. The molecule has 9 heteroatoms. The third-order valence-electron chi connectivity index (χ3n) is 17.5. The summed E-state index contributed by atoms with van der Waals surface area (Å²) in [5.41, 5.74) is -0.105. The lowest BCUT2D eigenvalue weighted by Gasteiger charge is -2.77. The van der Waals surface area contributed by atoms with E-state index < -0.39 is 53.5 Å². The molecule has 0 aromatic carbocycles. The van der Waals surface area contributed by atoms with Gasteiger partial charge >= 0.3 is 11.9 Å². The number of carboxylic acid groups (broad SMARTS) is 2. The summed E-state index contributed by atoms with van der Waals surface area (Å²) in [6.45, 7) is 14.5. The Kier molecular flexibility index (Phi) is 7.30. The van der Waals surface area contributed by atoms with Gasteiger partial charge in [-0.1, -0.05) is 65.3 Å². The van der Waals surface area contributed by atoms with Crippen LogP contribution in [0.1, 0.15) is 112 Å². The topological polar surface area (TPSA) is 154 Å². The highest BCUT2D eigenvalue weighted by molar-refractivity contribution is 5.79. The van der Waals surface area contributed by atoms with Crippen LogP contribution in [0.25, 0.3) is 0 Å². The van der Waals surface area contributed by atoms with Crippen molar-refractivity contribution in [2.45, 2.75) is 149 Å². The molecule has 8 aliphatic rings. The number of hydrogen-bond donors (Lipinski definition) is 5. The Hall–Kier alpha value is -1.78. The number of fused-ring (bicyclic) bond motifs is 3. The van der Waals surface area contributed by atoms with E-state index in [9.17, 15) is 35.1 Å². The largest absolute Gasteiger partial charge is 0.481 e. The van der Waals surface area contributed by atoms with E-state index in [1.807, 2.05) is 0 Å². The van der Waals surface area contributed by atoms with Gasteiger partial charge in [-0.05, 0) is 121 Å². The second-order valence-corrected chi connectivity index (χ2v) is 19.6. The Bertz CT molecular complexity index is 1500. The summed E-state index contributed by atoms with van der Waals surface area (Å²) in [6.07, 6.45) is 9.04. The molecule has 2 bridgehead atoms. The lowest BCUT2D eigenvalue weighted by Crippen LogP contribution is -2.71. The summed E-state index contributed by atoms with van der Waals surface area (Å²) in [6, 6.07) is 0. The van der Waals surface area contributed by atoms with Gasteiger partial charge in [-0.2, -0.15) is 0 Å². The van der Waals surface area contributed by atoms with Crippen LogP contribution in [0.4, 0.5) is 0 Å². The second-order valence-electron chi connectivity index (χ2n) is 19.6. The minimum absolute atomic E-state index is 0.00184. The van der Waals surface area contributed by atoms with E-state index in [0.717, 1.165) is 70.6 Å². The Morgan fingerprint density at radius 1 is 0.878 bits per heavy atom. The van der Waals surface area contributed by atoms with E-state index in [-0.39, 0.29) is 33.2 Å². The second kappa shape index (κ2) is 10.4. The summed E-state index contributed by atoms with van der Waals surface area (Å²) in [5.74, 6) is -0.595. The van der Waals surface area contributed by atoms with Crippen LogP contribution in [0.5, 0.6) is 0 Å². The maximum absolute atomic E-state index is 13.4. The number of aliphatic hydroxyl groups is 3. The van der Waals surface area contributed by atoms with Crippen LogP contribution >= 0.6 is 0 Å². The molecule has 8 rings (SSSR count). The fourth-order valence-corrected chi connectivity index (χ4v) is 14.9. The number of aliphatic hydroxyl groups excluding tert-OH is 3. The predicted octanol–water partition coefficient (Wildman–Crippen LogP) is 5.71. The third-order valence-corrected chi connectivity index (χ3v) is 17.5. The van der Waals surface area contributed by atoms with E-state index in [0.29, 0.717) is 23.7 Å². The number of rotatable bonds is 4. The first-order valence-corrected chi connectivity index (χ1v) is 19.0. The number of aliphatic carboxylic acids is 2. The molecular weight excluding hydrogens is 624 g/mol. The zero-order valence-corrected chi connectivity index (χ0v) is 30.2. The predicted molar refractivity (Wildman–Crippen MR) is 180 cm³/mol. The SMILES string of the molecule is CC12CC=CC3(C1)C1=CC4CCC5CC(OC6OC(C(=O)O)C(O)C(O)C6O)C(C)(C)C6CCC(C)(C4C56C)C1(C)CCC3(C(=O)O)CC2. The van der Waals surface area contributed by atoms with Crippen molar-refractivity contribution in [1.82, 2.24) is 0 Å². The summed E-state index contributed by atoms with van der Waals surface area (Å²) in [7, 11) is 0. The summed E-state index contributed by atoms with van der Waals surface area (Å²) in [4.78, 5) is 25.3. The van der Waals surface area contributed by atoms with E-state index in [4.69, 9.17) is 9.47 Å². The highest BCUT2D eigenvalue weighted by Gasteiger charge is 2.76. The van der Waals surface area contributed by atoms with Gasteiger partial charge in [0, 0.05) is 5.41 Å². The van der Waals surface area contributed by atoms with E-state index in [2.05, 4.69) is 59.8 Å². The van der Waals surface area contributed by atoms with Crippen molar-refractivity contribution in [2.24, 2.45) is 61.6 Å². The number of carbonyl (C=O) groups is 2. The van der Waals surface area contributed by atoms with E-state index >= 15 is 0 Å². The Labute approximate surface area is 290 Å². The highest BCUT2D eigenvalue weighted by atomic mass is 16.7. The van der Waals surface area contributed by atoms with Crippen LogP contribution in [0, 0.1) is 61.6 Å². The third kappa shape index (κ3) is 4.06. The first-order chi connectivity index (χ1) is 22.8. The smallest absolute Gasteiger partial charge is 0.335 e. The van der Waals surface area contributed by atoms with Gasteiger partial charge in [0.1, 0.15) is 18.3 Å². The molecule has 5 N–H and O–H groups in total. The van der Waals surface area contributed by atoms with Crippen LogP contribution in [0.15, 0.2) is 23.8 Å². The molecule has 0 amide bonds. The van der Waals surface area contributed by atoms with Crippen LogP contribution in [-0.4, -0.2) is 74.3 Å². The molecule has 5 saturated carbocycles. The first-order valence-electron chi connectivity index (χ1n) is 19.0. The van der Waals surface area contributed by atoms with Crippen LogP contribution in [-0.2, 0) is 19.1 Å². The summed E-state index contributed by atoms with van der Waals surface area (Å²) in [5, 5.41) is 52.4. The van der Waals surface area contributed by atoms with Gasteiger partial charge in [-0.25, -0.2) is 4.79 Å². The first kappa shape index (κ1) is 34.3. The minimum atomic E-state index is -1.75. The molecule has 1 heterocycles. The quantitative estimate of drug-likeness (QED) is 0.185. The monoisotopic (exact) mass is 682 g/mol. The van der Waals surface area contributed by atoms with Gasteiger partial charge in [0.25, 0.3) is 0 Å². The molecule has 9 nitrogen and oxygen atoms in total. The van der Waals surface area contributed by atoms with Crippen LogP contribution in [0.2, 0.25) is 0 Å². The average molecular weight is 683 g/mol. The molecule has 0 aromatic heterocycles.